The number of urea groups is 1. The van der Waals surface area contributed by atoms with E-state index in [4.69, 9.17) is 4.74 Å². The lowest BCUT2D eigenvalue weighted by Gasteiger charge is -2.31. The average Bonchev–Trinajstić information content (AvgIpc) is 3.01. The van der Waals surface area contributed by atoms with Gasteiger partial charge in [0, 0.05) is 23.9 Å². The smallest absolute Gasteiger partial charge is 0.315 e. The first-order valence-electron chi connectivity index (χ1n) is 8.49. The molecular weight excluding hydrogens is 308 g/mol. The van der Waals surface area contributed by atoms with Gasteiger partial charge in [-0.05, 0) is 43.9 Å². The summed E-state index contributed by atoms with van der Waals surface area (Å²) in [6.07, 6.45) is 4.24. The van der Waals surface area contributed by atoms with Gasteiger partial charge in [0.2, 0.25) is 0 Å². The quantitative estimate of drug-likeness (QED) is 0.886. The molecule has 23 heavy (non-hydrogen) atoms. The minimum atomic E-state index is -0.0440. The lowest BCUT2D eigenvalue weighted by molar-refractivity contribution is 0.00225. The van der Waals surface area contributed by atoms with E-state index in [9.17, 15) is 4.79 Å². The van der Waals surface area contributed by atoms with Crippen LogP contribution < -0.4 is 10.6 Å². The van der Waals surface area contributed by atoms with Crippen LogP contribution in [0.5, 0.6) is 0 Å². The highest BCUT2D eigenvalue weighted by atomic mass is 32.2. The van der Waals surface area contributed by atoms with Crippen LogP contribution in [0.4, 0.5) is 4.79 Å². The molecule has 5 heteroatoms. The molecule has 1 aromatic carbocycles. The number of benzene rings is 1. The molecule has 3 rings (SSSR count). The van der Waals surface area contributed by atoms with Crippen molar-refractivity contribution in [1.82, 2.24) is 10.6 Å². The molecule has 0 radical (unpaired) electrons. The molecule has 2 aliphatic rings. The van der Waals surface area contributed by atoms with Crippen molar-refractivity contribution in [2.24, 2.45) is 0 Å². The summed E-state index contributed by atoms with van der Waals surface area (Å²) >= 11 is 1.97. The van der Waals surface area contributed by atoms with Gasteiger partial charge in [-0.1, -0.05) is 30.3 Å². The fourth-order valence-corrected chi connectivity index (χ4v) is 4.55. The van der Waals surface area contributed by atoms with Crippen molar-refractivity contribution >= 4 is 17.8 Å². The predicted octanol–water partition coefficient (Wildman–Crippen LogP) is 3.49. The molecule has 2 aliphatic heterocycles. The topological polar surface area (TPSA) is 50.4 Å². The highest BCUT2D eigenvalue weighted by molar-refractivity contribution is 8.00. The molecule has 0 unspecified atom stereocenters. The standard InChI is InChI=1S/C18H26N2O2S/c1-18(9-5-11-23-18)13-19-17(21)20-15-8-10-22-16(12-15)14-6-3-2-4-7-14/h2-4,6-7,15-16H,5,8-13H2,1H3,(H2,19,20,21)/t15-,16+,18-/m1/s1. The Kier molecular flexibility index (Phi) is 5.49. The molecule has 0 aliphatic carbocycles. The first kappa shape index (κ1) is 16.7. The van der Waals surface area contributed by atoms with Crippen LogP contribution in [0, 0.1) is 0 Å². The van der Waals surface area contributed by atoms with Crippen molar-refractivity contribution in [2.75, 3.05) is 18.9 Å². The second-order valence-corrected chi connectivity index (χ2v) is 8.40. The van der Waals surface area contributed by atoms with Gasteiger partial charge in [-0.15, -0.1) is 0 Å². The van der Waals surface area contributed by atoms with E-state index in [1.165, 1.54) is 24.2 Å². The van der Waals surface area contributed by atoms with Crippen molar-refractivity contribution in [1.29, 1.82) is 0 Å². The van der Waals surface area contributed by atoms with Gasteiger partial charge in [0.1, 0.15) is 0 Å². The van der Waals surface area contributed by atoms with Crippen LogP contribution in [-0.4, -0.2) is 35.7 Å². The highest BCUT2D eigenvalue weighted by Gasteiger charge is 2.30. The summed E-state index contributed by atoms with van der Waals surface area (Å²) in [6, 6.07) is 10.4. The first-order valence-corrected chi connectivity index (χ1v) is 9.48. The molecule has 2 fully saturated rings. The van der Waals surface area contributed by atoms with Gasteiger partial charge in [0.05, 0.1) is 6.10 Å². The minimum Gasteiger partial charge on any atom is -0.373 e. The van der Waals surface area contributed by atoms with Crippen LogP contribution in [0.2, 0.25) is 0 Å². The van der Waals surface area contributed by atoms with Crippen molar-refractivity contribution in [2.45, 2.75) is 49.5 Å². The Morgan fingerprint density at radius 3 is 2.96 bits per heavy atom. The van der Waals surface area contributed by atoms with Crippen molar-refractivity contribution in [3.05, 3.63) is 35.9 Å². The Morgan fingerprint density at radius 1 is 1.39 bits per heavy atom. The molecule has 0 aromatic heterocycles. The molecule has 0 saturated carbocycles. The Hall–Kier alpha value is -1.20. The predicted molar refractivity (Wildman–Crippen MR) is 94.8 cm³/mol. The molecule has 0 spiro atoms. The van der Waals surface area contributed by atoms with Crippen molar-refractivity contribution in [3.63, 3.8) is 0 Å². The van der Waals surface area contributed by atoms with Crippen molar-refractivity contribution in [3.8, 4) is 0 Å². The molecule has 2 N–H and O–H groups in total. The Bertz CT molecular complexity index is 517. The maximum absolute atomic E-state index is 12.2. The molecule has 3 atom stereocenters. The van der Waals surface area contributed by atoms with Crippen LogP contribution in [0.1, 0.15) is 44.3 Å². The third-order valence-corrected chi connectivity index (χ3v) is 6.25. The summed E-state index contributed by atoms with van der Waals surface area (Å²) in [4.78, 5) is 12.2. The van der Waals surface area contributed by atoms with Crippen LogP contribution in [0.25, 0.3) is 0 Å². The summed E-state index contributed by atoms with van der Waals surface area (Å²) in [6.45, 7) is 3.68. The number of nitrogens with one attached hydrogen (secondary N) is 2. The van der Waals surface area contributed by atoms with Crippen LogP contribution in [0.15, 0.2) is 30.3 Å². The number of ether oxygens (including phenoxy) is 1. The number of amides is 2. The zero-order valence-corrected chi connectivity index (χ0v) is 14.5. The lowest BCUT2D eigenvalue weighted by atomic mass is 9.97. The monoisotopic (exact) mass is 334 g/mol. The van der Waals surface area contributed by atoms with Crippen LogP contribution >= 0.6 is 11.8 Å². The first-order chi connectivity index (χ1) is 11.1. The fourth-order valence-electron chi connectivity index (χ4n) is 3.31. The molecule has 2 amide bonds. The third-order valence-electron chi connectivity index (χ3n) is 4.71. The summed E-state index contributed by atoms with van der Waals surface area (Å²) < 4.78 is 6.07. The van der Waals surface area contributed by atoms with Gasteiger partial charge in [-0.25, -0.2) is 4.79 Å². The number of carbonyl (C=O) groups excluding carboxylic acids is 1. The second-order valence-electron chi connectivity index (χ2n) is 6.72. The molecule has 2 saturated heterocycles. The average molecular weight is 334 g/mol. The van der Waals surface area contributed by atoms with Gasteiger partial charge in [0.25, 0.3) is 0 Å². The third kappa shape index (κ3) is 4.64. The molecule has 4 nitrogen and oxygen atoms in total. The van der Waals surface area contributed by atoms with Gasteiger partial charge < -0.3 is 15.4 Å². The summed E-state index contributed by atoms with van der Waals surface area (Å²) in [7, 11) is 0. The van der Waals surface area contributed by atoms with E-state index < -0.39 is 0 Å². The molecule has 1 aromatic rings. The van der Waals surface area contributed by atoms with E-state index in [-0.39, 0.29) is 22.9 Å². The molecule has 126 valence electrons. The number of rotatable bonds is 4. The van der Waals surface area contributed by atoms with E-state index in [0.717, 1.165) is 19.4 Å². The number of hydrogen-bond donors (Lipinski definition) is 2. The van der Waals surface area contributed by atoms with Crippen molar-refractivity contribution < 1.29 is 9.53 Å². The summed E-state index contributed by atoms with van der Waals surface area (Å²) in [5.74, 6) is 1.21. The summed E-state index contributed by atoms with van der Waals surface area (Å²) in [5, 5.41) is 6.18. The Morgan fingerprint density at radius 2 is 2.22 bits per heavy atom. The minimum absolute atomic E-state index is 0.0440. The summed E-state index contributed by atoms with van der Waals surface area (Å²) in [5.41, 5.74) is 1.19. The zero-order chi connectivity index (χ0) is 16.1. The van der Waals surface area contributed by atoms with Crippen LogP contribution in [0.3, 0.4) is 0 Å². The van der Waals surface area contributed by atoms with Crippen LogP contribution in [-0.2, 0) is 4.74 Å². The Labute approximate surface area is 142 Å². The SMILES string of the molecule is C[C@]1(CNC(=O)N[C@@H]2CCO[C@H](c3ccccc3)C2)CCCS1. The number of hydrogen-bond acceptors (Lipinski definition) is 3. The van der Waals surface area contributed by atoms with E-state index >= 15 is 0 Å². The van der Waals surface area contributed by atoms with E-state index in [1.807, 2.05) is 30.0 Å². The lowest BCUT2D eigenvalue weighted by Crippen LogP contribution is -2.48. The normalized spacial score (nSPS) is 30.8. The Balaban J connectivity index is 1.46. The fraction of sp³-hybridized carbons (Fsp3) is 0.611. The molecule has 2 heterocycles. The number of carbonyl (C=O) groups is 1. The van der Waals surface area contributed by atoms with Gasteiger partial charge in [0.15, 0.2) is 0 Å². The largest absolute Gasteiger partial charge is 0.373 e. The maximum atomic E-state index is 12.2. The van der Waals surface area contributed by atoms with E-state index in [0.29, 0.717) is 6.61 Å². The van der Waals surface area contributed by atoms with E-state index in [1.54, 1.807) is 0 Å². The second kappa shape index (κ2) is 7.58. The molecular formula is C18H26N2O2S. The van der Waals surface area contributed by atoms with Gasteiger partial charge in [-0.3, -0.25) is 0 Å². The maximum Gasteiger partial charge on any atom is 0.315 e. The van der Waals surface area contributed by atoms with Gasteiger partial charge in [-0.2, -0.15) is 11.8 Å². The van der Waals surface area contributed by atoms with E-state index in [2.05, 4.69) is 29.7 Å². The van der Waals surface area contributed by atoms with Gasteiger partial charge >= 0.3 is 6.03 Å². The highest BCUT2D eigenvalue weighted by Crippen LogP contribution is 2.37. The zero-order valence-electron chi connectivity index (χ0n) is 13.7. The molecule has 0 bridgehead atoms. The number of thioether (sulfide) groups is 1.